The summed E-state index contributed by atoms with van der Waals surface area (Å²) in [6.07, 6.45) is 8.11. The number of halogens is 1. The molecule has 0 spiro atoms. The van der Waals surface area contributed by atoms with Crippen LogP contribution in [0, 0.1) is 5.41 Å². The number of hydrogen-bond donors (Lipinski definition) is 0. The van der Waals surface area contributed by atoms with Gasteiger partial charge >= 0.3 is 0 Å². The Morgan fingerprint density at radius 2 is 2.11 bits per heavy atom. The van der Waals surface area contributed by atoms with Gasteiger partial charge in [-0.25, -0.2) is 0 Å². The molecule has 0 N–H and O–H groups in total. The highest BCUT2D eigenvalue weighted by Gasteiger charge is 2.41. The van der Waals surface area contributed by atoms with E-state index >= 15 is 0 Å². The van der Waals surface area contributed by atoms with E-state index in [0.29, 0.717) is 5.78 Å². The van der Waals surface area contributed by atoms with Gasteiger partial charge in [-0.15, -0.1) is 0 Å². The fraction of sp³-hybridized carbons (Fsp3) is 0.714. The molecule has 0 amide bonds. The van der Waals surface area contributed by atoms with E-state index in [1.807, 2.05) is 4.68 Å². The monoisotopic (exact) mass is 312 g/mol. The van der Waals surface area contributed by atoms with Gasteiger partial charge in [0.2, 0.25) is 0 Å². The van der Waals surface area contributed by atoms with Crippen molar-refractivity contribution in [3.63, 3.8) is 0 Å². The van der Waals surface area contributed by atoms with E-state index in [0.717, 1.165) is 42.4 Å². The molecule has 1 fully saturated rings. The van der Waals surface area contributed by atoms with E-state index < -0.39 is 0 Å². The van der Waals surface area contributed by atoms with Crippen LogP contribution in [0.3, 0.4) is 0 Å². The largest absolute Gasteiger partial charge is 0.292 e. The molecule has 0 bridgehead atoms. The molecule has 1 saturated carbocycles. The van der Waals surface area contributed by atoms with Crippen LogP contribution in [0.4, 0.5) is 0 Å². The fourth-order valence-corrected chi connectivity index (χ4v) is 3.49. The minimum atomic E-state index is -0.131. The van der Waals surface area contributed by atoms with E-state index in [1.165, 1.54) is 12.8 Å². The van der Waals surface area contributed by atoms with Gasteiger partial charge < -0.3 is 0 Å². The first-order valence-corrected chi connectivity index (χ1v) is 7.70. The molecule has 0 radical (unpaired) electrons. The van der Waals surface area contributed by atoms with E-state index in [1.54, 1.807) is 6.20 Å². The molecule has 2 rings (SSSR count). The highest BCUT2D eigenvalue weighted by molar-refractivity contribution is 9.10. The fourth-order valence-electron chi connectivity index (χ4n) is 3.01. The Morgan fingerprint density at radius 3 is 2.67 bits per heavy atom. The predicted molar refractivity (Wildman–Crippen MR) is 75.7 cm³/mol. The lowest BCUT2D eigenvalue weighted by atomic mass is 9.78. The molecule has 4 heteroatoms. The number of aromatic nitrogens is 2. The van der Waals surface area contributed by atoms with Crippen LogP contribution in [-0.2, 0) is 6.54 Å². The van der Waals surface area contributed by atoms with Crippen molar-refractivity contribution >= 4 is 21.7 Å². The molecule has 0 saturated heterocycles. The molecule has 0 atom stereocenters. The lowest BCUT2D eigenvalue weighted by Gasteiger charge is -2.26. The van der Waals surface area contributed by atoms with Gasteiger partial charge in [-0.3, -0.25) is 9.48 Å². The normalized spacial score (nSPS) is 18.2. The third kappa shape index (κ3) is 2.27. The molecule has 0 aromatic carbocycles. The van der Waals surface area contributed by atoms with Crippen molar-refractivity contribution in [2.24, 2.45) is 5.41 Å². The molecular formula is C14H21BrN2O. The predicted octanol–water partition coefficient (Wildman–Crippen LogP) is 4.21. The Balaban J connectivity index is 2.35. The molecule has 1 aliphatic carbocycles. The van der Waals surface area contributed by atoms with Crippen LogP contribution in [0.1, 0.15) is 62.9 Å². The molecule has 0 unspecified atom stereocenters. The van der Waals surface area contributed by atoms with Crippen molar-refractivity contribution in [1.82, 2.24) is 9.78 Å². The molecule has 100 valence electrons. The number of Topliss-reactive ketones (excluding diaryl/α,β-unsaturated/α-hetero) is 1. The minimum absolute atomic E-state index is 0.131. The number of rotatable bonds is 5. The topological polar surface area (TPSA) is 34.9 Å². The summed E-state index contributed by atoms with van der Waals surface area (Å²) in [5.41, 5.74) is 0.647. The van der Waals surface area contributed by atoms with Crippen molar-refractivity contribution < 1.29 is 4.79 Å². The van der Waals surface area contributed by atoms with Crippen LogP contribution in [0.25, 0.3) is 0 Å². The summed E-state index contributed by atoms with van der Waals surface area (Å²) in [6, 6.07) is 0. The second-order valence-corrected chi connectivity index (χ2v) is 6.09. The maximum absolute atomic E-state index is 12.9. The van der Waals surface area contributed by atoms with Gasteiger partial charge in [0.1, 0.15) is 5.69 Å². The van der Waals surface area contributed by atoms with E-state index in [4.69, 9.17) is 0 Å². The van der Waals surface area contributed by atoms with Gasteiger partial charge in [-0.1, -0.05) is 26.7 Å². The van der Waals surface area contributed by atoms with Crippen LogP contribution in [0.5, 0.6) is 0 Å². The molecule has 18 heavy (non-hydrogen) atoms. The Bertz CT molecular complexity index is 433. The van der Waals surface area contributed by atoms with Crippen LogP contribution in [0.15, 0.2) is 10.7 Å². The minimum Gasteiger partial charge on any atom is -0.292 e. The molecule has 1 heterocycles. The highest BCUT2D eigenvalue weighted by Crippen LogP contribution is 2.44. The number of nitrogens with zero attached hydrogens (tertiary/aromatic N) is 2. The first kappa shape index (κ1) is 13.8. The first-order valence-electron chi connectivity index (χ1n) is 6.90. The summed E-state index contributed by atoms with van der Waals surface area (Å²) < 4.78 is 2.71. The summed E-state index contributed by atoms with van der Waals surface area (Å²) in [4.78, 5) is 12.9. The zero-order valence-electron chi connectivity index (χ0n) is 11.2. The molecule has 1 aromatic rings. The van der Waals surface area contributed by atoms with Crippen LogP contribution in [-0.4, -0.2) is 15.6 Å². The molecule has 3 nitrogen and oxygen atoms in total. The number of carbonyl (C=O) groups excluding carboxylic acids is 1. The Morgan fingerprint density at radius 1 is 1.44 bits per heavy atom. The second kappa shape index (κ2) is 5.55. The van der Waals surface area contributed by atoms with Crippen LogP contribution >= 0.6 is 15.9 Å². The first-order chi connectivity index (χ1) is 8.64. The highest BCUT2D eigenvalue weighted by atomic mass is 79.9. The third-order valence-electron chi connectivity index (χ3n) is 4.16. The summed E-state index contributed by atoms with van der Waals surface area (Å²) in [5, 5.41) is 4.31. The Hall–Kier alpha value is -0.640. The lowest BCUT2D eigenvalue weighted by molar-refractivity contribution is 0.0778. The van der Waals surface area contributed by atoms with Gasteiger partial charge in [0.05, 0.1) is 10.7 Å². The molecule has 1 aliphatic rings. The average molecular weight is 313 g/mol. The van der Waals surface area contributed by atoms with Crippen LogP contribution < -0.4 is 0 Å². The van der Waals surface area contributed by atoms with Gasteiger partial charge in [-0.05, 0) is 41.6 Å². The Labute approximate surface area is 117 Å². The zero-order valence-corrected chi connectivity index (χ0v) is 12.8. The summed E-state index contributed by atoms with van der Waals surface area (Å²) in [5.74, 6) is 0.292. The Kier molecular flexibility index (Phi) is 4.25. The van der Waals surface area contributed by atoms with Crippen LogP contribution in [0.2, 0.25) is 0 Å². The third-order valence-corrected chi connectivity index (χ3v) is 4.74. The summed E-state index contributed by atoms with van der Waals surface area (Å²) in [6.45, 7) is 5.05. The summed E-state index contributed by atoms with van der Waals surface area (Å²) >= 11 is 3.48. The lowest BCUT2D eigenvalue weighted by Crippen LogP contribution is -2.30. The SMILES string of the molecule is CCCn1ncc(Br)c1C(=O)C1(CC)CCCC1. The number of carbonyl (C=O) groups is 1. The molecule has 1 aromatic heterocycles. The van der Waals surface area contributed by atoms with Gasteiger partial charge in [0.15, 0.2) is 5.78 Å². The standard InChI is InChI=1S/C14H21BrN2O/c1-3-9-17-12(11(15)10-16-17)13(18)14(4-2)7-5-6-8-14/h10H,3-9H2,1-2H3. The summed E-state index contributed by atoms with van der Waals surface area (Å²) in [7, 11) is 0. The van der Waals surface area contributed by atoms with Crippen molar-refractivity contribution in [3.8, 4) is 0 Å². The molecule has 0 aliphatic heterocycles. The molecular weight excluding hydrogens is 292 g/mol. The van der Waals surface area contributed by atoms with Gasteiger partial charge in [0, 0.05) is 12.0 Å². The number of ketones is 1. The van der Waals surface area contributed by atoms with E-state index in [2.05, 4.69) is 34.9 Å². The quantitative estimate of drug-likeness (QED) is 0.763. The van der Waals surface area contributed by atoms with Crippen molar-refractivity contribution in [2.75, 3.05) is 0 Å². The van der Waals surface area contributed by atoms with Crippen molar-refractivity contribution in [1.29, 1.82) is 0 Å². The average Bonchev–Trinajstić information content (AvgIpc) is 2.97. The maximum Gasteiger partial charge on any atom is 0.188 e. The number of aryl methyl sites for hydroxylation is 1. The van der Waals surface area contributed by atoms with E-state index in [9.17, 15) is 4.79 Å². The zero-order chi connectivity index (χ0) is 13.2. The van der Waals surface area contributed by atoms with Crippen molar-refractivity contribution in [3.05, 3.63) is 16.4 Å². The van der Waals surface area contributed by atoms with E-state index in [-0.39, 0.29) is 5.41 Å². The second-order valence-electron chi connectivity index (χ2n) is 5.23. The number of hydrogen-bond acceptors (Lipinski definition) is 2. The maximum atomic E-state index is 12.9. The van der Waals surface area contributed by atoms with Gasteiger partial charge in [0.25, 0.3) is 0 Å². The smallest absolute Gasteiger partial charge is 0.188 e. The van der Waals surface area contributed by atoms with Crippen molar-refractivity contribution in [2.45, 2.75) is 58.9 Å². The van der Waals surface area contributed by atoms with Gasteiger partial charge in [-0.2, -0.15) is 5.10 Å².